The summed E-state index contributed by atoms with van der Waals surface area (Å²) in [6.07, 6.45) is 3.16. The van der Waals surface area contributed by atoms with Gasteiger partial charge in [-0.1, -0.05) is 12.1 Å². The fraction of sp³-hybridized carbons (Fsp3) is 0.500. The Labute approximate surface area is 135 Å². The lowest BCUT2D eigenvalue weighted by atomic mass is 10.2. The topological polar surface area (TPSA) is 83.6 Å². The molecule has 6 nitrogen and oxygen atoms in total. The fourth-order valence-corrected chi connectivity index (χ4v) is 4.47. The first-order valence-electron chi connectivity index (χ1n) is 7.83. The van der Waals surface area contributed by atoms with Crippen molar-refractivity contribution in [3.05, 3.63) is 29.8 Å². The van der Waals surface area contributed by atoms with E-state index in [9.17, 15) is 18.0 Å². The van der Waals surface area contributed by atoms with E-state index in [-0.39, 0.29) is 22.6 Å². The summed E-state index contributed by atoms with van der Waals surface area (Å²) in [5.74, 6) is -0.314. The van der Waals surface area contributed by atoms with Gasteiger partial charge in [-0.2, -0.15) is 4.31 Å². The number of benzene rings is 1. The summed E-state index contributed by atoms with van der Waals surface area (Å²) in [6.45, 7) is 1.78. The second kappa shape index (κ2) is 6.05. The van der Waals surface area contributed by atoms with Crippen LogP contribution in [0.1, 0.15) is 43.0 Å². The number of carbonyl (C=O) groups is 2. The number of Topliss-reactive ketones (excluding diaryl/α,β-unsaturated/α-hetero) is 1. The van der Waals surface area contributed by atoms with Crippen molar-refractivity contribution in [2.45, 2.75) is 49.6 Å². The number of rotatable bonds is 5. The Bertz CT molecular complexity index is 723. The molecule has 0 spiro atoms. The average molecular weight is 336 g/mol. The van der Waals surface area contributed by atoms with Crippen molar-refractivity contribution in [2.24, 2.45) is 0 Å². The van der Waals surface area contributed by atoms with Crippen LogP contribution in [0, 0.1) is 0 Å². The molecule has 1 heterocycles. The van der Waals surface area contributed by atoms with Crippen LogP contribution in [0.5, 0.6) is 0 Å². The molecule has 1 aliphatic carbocycles. The van der Waals surface area contributed by atoms with Gasteiger partial charge < -0.3 is 5.32 Å². The van der Waals surface area contributed by atoms with E-state index in [4.69, 9.17) is 0 Å². The lowest BCUT2D eigenvalue weighted by Gasteiger charge is -2.23. The Morgan fingerprint density at radius 3 is 2.35 bits per heavy atom. The van der Waals surface area contributed by atoms with Gasteiger partial charge in [-0.3, -0.25) is 9.59 Å². The summed E-state index contributed by atoms with van der Waals surface area (Å²) in [6, 6.07) is 5.45. The summed E-state index contributed by atoms with van der Waals surface area (Å²) < 4.78 is 26.9. The standard InChI is InChI=1S/C16H20N2O4S/c1-11(19)12-4-8-14(9-5-12)23(21,22)18-10-2-3-15(18)16(20)17-13-6-7-13/h4-5,8-9,13,15H,2-3,6-7,10H2,1H3,(H,17,20). The molecular formula is C16H20N2O4S. The van der Waals surface area contributed by atoms with E-state index in [0.29, 0.717) is 24.9 Å². The largest absolute Gasteiger partial charge is 0.352 e. The first-order chi connectivity index (χ1) is 10.9. The molecule has 0 bridgehead atoms. The second-order valence-electron chi connectivity index (χ2n) is 6.14. The van der Waals surface area contributed by atoms with Crippen LogP contribution < -0.4 is 5.32 Å². The zero-order valence-electron chi connectivity index (χ0n) is 13.0. The molecule has 2 fully saturated rings. The summed E-state index contributed by atoms with van der Waals surface area (Å²) >= 11 is 0. The molecule has 1 N–H and O–H groups in total. The van der Waals surface area contributed by atoms with Crippen LogP contribution in [0.2, 0.25) is 0 Å². The Morgan fingerprint density at radius 2 is 1.78 bits per heavy atom. The number of nitrogens with zero attached hydrogens (tertiary/aromatic N) is 1. The van der Waals surface area contributed by atoms with E-state index < -0.39 is 16.1 Å². The molecule has 124 valence electrons. The summed E-state index contributed by atoms with van der Waals surface area (Å²) in [7, 11) is -3.73. The SMILES string of the molecule is CC(=O)c1ccc(S(=O)(=O)N2CCCC2C(=O)NC2CC2)cc1. The first-order valence-corrected chi connectivity index (χ1v) is 9.27. The molecule has 3 rings (SSSR count). The molecule has 0 radical (unpaired) electrons. The third-order valence-corrected chi connectivity index (χ3v) is 6.22. The van der Waals surface area contributed by atoms with E-state index in [2.05, 4.69) is 5.32 Å². The van der Waals surface area contributed by atoms with E-state index in [0.717, 1.165) is 12.8 Å². The van der Waals surface area contributed by atoms with E-state index >= 15 is 0 Å². The summed E-state index contributed by atoms with van der Waals surface area (Å²) in [5.41, 5.74) is 0.466. The maximum atomic E-state index is 12.8. The molecule has 1 atom stereocenters. The second-order valence-corrected chi connectivity index (χ2v) is 8.03. The molecule has 1 saturated heterocycles. The Hall–Kier alpha value is -1.73. The van der Waals surface area contributed by atoms with Gasteiger partial charge in [0.05, 0.1) is 4.90 Å². The van der Waals surface area contributed by atoms with Crippen molar-refractivity contribution < 1.29 is 18.0 Å². The predicted molar refractivity (Wildman–Crippen MR) is 84.5 cm³/mol. The Balaban J connectivity index is 1.82. The number of amides is 1. The summed E-state index contributed by atoms with van der Waals surface area (Å²) in [5, 5.41) is 2.88. The lowest BCUT2D eigenvalue weighted by Crippen LogP contribution is -2.46. The number of sulfonamides is 1. The van der Waals surface area contributed by atoms with Crippen molar-refractivity contribution in [1.29, 1.82) is 0 Å². The Morgan fingerprint density at radius 1 is 1.13 bits per heavy atom. The van der Waals surface area contributed by atoms with E-state index in [1.807, 2.05) is 0 Å². The van der Waals surface area contributed by atoms with Crippen molar-refractivity contribution in [3.63, 3.8) is 0 Å². The van der Waals surface area contributed by atoms with Gasteiger partial charge >= 0.3 is 0 Å². The molecule has 23 heavy (non-hydrogen) atoms. The van der Waals surface area contributed by atoms with Crippen LogP contribution in [-0.2, 0) is 14.8 Å². The van der Waals surface area contributed by atoms with Crippen LogP contribution in [0.15, 0.2) is 29.2 Å². The minimum atomic E-state index is -3.73. The fourth-order valence-electron chi connectivity index (χ4n) is 2.81. The quantitative estimate of drug-likeness (QED) is 0.822. The van der Waals surface area contributed by atoms with Gasteiger partial charge in [-0.05, 0) is 44.7 Å². The van der Waals surface area contributed by atoms with Gasteiger partial charge in [-0.25, -0.2) is 8.42 Å². The van der Waals surface area contributed by atoms with Crippen molar-refractivity contribution in [3.8, 4) is 0 Å². The predicted octanol–water partition coefficient (Wildman–Crippen LogP) is 1.32. The van der Waals surface area contributed by atoms with Crippen LogP contribution in [0.3, 0.4) is 0 Å². The molecule has 1 aromatic carbocycles. The maximum absolute atomic E-state index is 12.8. The van der Waals surface area contributed by atoms with Gasteiger partial charge in [-0.15, -0.1) is 0 Å². The third kappa shape index (κ3) is 3.30. The molecule has 1 unspecified atom stereocenters. The average Bonchev–Trinajstić information content (AvgIpc) is 3.18. The minimum Gasteiger partial charge on any atom is -0.352 e. The van der Waals surface area contributed by atoms with Crippen molar-refractivity contribution in [1.82, 2.24) is 9.62 Å². The van der Waals surface area contributed by atoms with E-state index in [1.54, 1.807) is 0 Å². The van der Waals surface area contributed by atoms with Crippen LogP contribution in [0.25, 0.3) is 0 Å². The molecule has 7 heteroatoms. The smallest absolute Gasteiger partial charge is 0.243 e. The van der Waals surface area contributed by atoms with Crippen molar-refractivity contribution >= 4 is 21.7 Å². The van der Waals surface area contributed by atoms with Crippen molar-refractivity contribution in [2.75, 3.05) is 6.54 Å². The highest BCUT2D eigenvalue weighted by Gasteiger charge is 2.40. The van der Waals surface area contributed by atoms with Crippen LogP contribution in [-0.4, -0.2) is 43.0 Å². The van der Waals surface area contributed by atoms with Gasteiger partial charge in [0.25, 0.3) is 0 Å². The molecule has 1 aromatic rings. The van der Waals surface area contributed by atoms with Gasteiger partial charge in [0, 0.05) is 18.2 Å². The van der Waals surface area contributed by atoms with Crippen LogP contribution in [0.4, 0.5) is 0 Å². The molecular weight excluding hydrogens is 316 g/mol. The zero-order chi connectivity index (χ0) is 16.6. The van der Waals surface area contributed by atoms with Gasteiger partial charge in [0.15, 0.2) is 5.78 Å². The minimum absolute atomic E-state index is 0.114. The molecule has 0 aromatic heterocycles. The number of hydrogen-bond donors (Lipinski definition) is 1. The third-order valence-electron chi connectivity index (χ3n) is 4.30. The number of carbonyl (C=O) groups excluding carboxylic acids is 2. The number of nitrogens with one attached hydrogen (secondary N) is 1. The van der Waals surface area contributed by atoms with Gasteiger partial charge in [0.2, 0.25) is 15.9 Å². The van der Waals surface area contributed by atoms with Crippen LogP contribution >= 0.6 is 0 Å². The normalized spacial score (nSPS) is 22.0. The zero-order valence-corrected chi connectivity index (χ0v) is 13.8. The monoisotopic (exact) mass is 336 g/mol. The molecule has 1 saturated carbocycles. The highest BCUT2D eigenvalue weighted by Crippen LogP contribution is 2.28. The Kier molecular flexibility index (Phi) is 4.25. The molecule has 2 aliphatic rings. The molecule has 1 amide bonds. The first kappa shape index (κ1) is 16.1. The van der Waals surface area contributed by atoms with Gasteiger partial charge in [0.1, 0.15) is 6.04 Å². The number of ketones is 1. The highest BCUT2D eigenvalue weighted by atomic mass is 32.2. The molecule has 1 aliphatic heterocycles. The van der Waals surface area contributed by atoms with E-state index in [1.165, 1.54) is 35.5 Å². The highest BCUT2D eigenvalue weighted by molar-refractivity contribution is 7.89. The maximum Gasteiger partial charge on any atom is 0.243 e. The number of hydrogen-bond acceptors (Lipinski definition) is 4. The summed E-state index contributed by atoms with van der Waals surface area (Å²) in [4.78, 5) is 23.7. The lowest BCUT2D eigenvalue weighted by molar-refractivity contribution is -0.124.